The molecule has 6 nitrogen and oxygen atoms in total. The van der Waals surface area contributed by atoms with Gasteiger partial charge in [-0.05, 0) is 37.0 Å². The molecule has 2 aliphatic rings. The molecule has 0 aliphatic carbocycles. The summed E-state index contributed by atoms with van der Waals surface area (Å²) in [7, 11) is 0. The fourth-order valence-corrected chi connectivity index (χ4v) is 3.49. The maximum atomic E-state index is 12.3. The van der Waals surface area contributed by atoms with Crippen LogP contribution in [0.2, 0.25) is 0 Å². The lowest BCUT2D eigenvalue weighted by molar-refractivity contribution is 0.291. The summed E-state index contributed by atoms with van der Waals surface area (Å²) in [5.41, 5.74) is 1.31. The smallest absolute Gasteiger partial charge is 0.352 e. The van der Waals surface area contributed by atoms with E-state index in [0.29, 0.717) is 24.1 Å². The van der Waals surface area contributed by atoms with Gasteiger partial charge < -0.3 is 9.64 Å². The van der Waals surface area contributed by atoms with Crippen LogP contribution in [0, 0.1) is 11.3 Å². The molecule has 1 saturated heterocycles. The van der Waals surface area contributed by atoms with E-state index in [1.165, 1.54) is 6.42 Å². The van der Waals surface area contributed by atoms with Crippen molar-refractivity contribution in [2.24, 2.45) is 0 Å². The fourth-order valence-electron chi connectivity index (χ4n) is 3.49. The molecular formula is C18H18N4O2. The number of fused-ring (bicyclic) bond motifs is 3. The summed E-state index contributed by atoms with van der Waals surface area (Å²) in [4.78, 5) is 18.6. The monoisotopic (exact) mass is 322 g/mol. The number of piperidine rings is 1. The van der Waals surface area contributed by atoms with E-state index >= 15 is 0 Å². The van der Waals surface area contributed by atoms with E-state index in [9.17, 15) is 4.79 Å². The Kier molecular flexibility index (Phi) is 3.69. The van der Waals surface area contributed by atoms with Gasteiger partial charge in [-0.15, -0.1) is 0 Å². The van der Waals surface area contributed by atoms with E-state index in [-0.39, 0.29) is 5.69 Å². The van der Waals surface area contributed by atoms with Gasteiger partial charge >= 0.3 is 5.69 Å². The number of rotatable bonds is 3. The fraction of sp³-hybridized carbons (Fsp3) is 0.389. The summed E-state index contributed by atoms with van der Waals surface area (Å²) < 4.78 is 7.47. The molecule has 1 unspecified atom stereocenters. The minimum Gasteiger partial charge on any atom is -0.473 e. The number of ether oxygens (including phenoxy) is 1. The molecule has 1 atom stereocenters. The van der Waals surface area contributed by atoms with Gasteiger partial charge in [-0.1, -0.05) is 12.1 Å². The molecule has 0 saturated carbocycles. The first-order valence-electron chi connectivity index (χ1n) is 8.25. The highest BCUT2D eigenvalue weighted by Crippen LogP contribution is 2.32. The van der Waals surface area contributed by atoms with Gasteiger partial charge in [0.2, 0.25) is 5.88 Å². The number of hydrogen-bond donors (Lipinski definition) is 0. The van der Waals surface area contributed by atoms with Crippen molar-refractivity contribution in [2.75, 3.05) is 11.4 Å². The van der Waals surface area contributed by atoms with Gasteiger partial charge in [0.25, 0.3) is 0 Å². The van der Waals surface area contributed by atoms with Crippen molar-refractivity contribution in [3.8, 4) is 11.9 Å². The van der Waals surface area contributed by atoms with Crippen LogP contribution in [0.5, 0.6) is 5.88 Å². The third-order valence-corrected chi connectivity index (χ3v) is 4.75. The minimum absolute atomic E-state index is 0.239. The Morgan fingerprint density at radius 2 is 2.12 bits per heavy atom. The molecular weight excluding hydrogens is 304 g/mol. The number of nitriles is 1. The zero-order chi connectivity index (χ0) is 16.5. The van der Waals surface area contributed by atoms with Crippen LogP contribution in [-0.2, 0) is 13.2 Å². The van der Waals surface area contributed by atoms with Gasteiger partial charge in [0.1, 0.15) is 12.4 Å². The summed E-state index contributed by atoms with van der Waals surface area (Å²) >= 11 is 0. The third kappa shape index (κ3) is 2.62. The summed E-state index contributed by atoms with van der Waals surface area (Å²) in [6.07, 6.45) is 3.51. The largest absolute Gasteiger partial charge is 0.473 e. The molecule has 1 fully saturated rings. The first-order chi connectivity index (χ1) is 11.7. The van der Waals surface area contributed by atoms with Crippen molar-refractivity contribution < 1.29 is 4.74 Å². The first kappa shape index (κ1) is 14.8. The zero-order valence-electron chi connectivity index (χ0n) is 13.3. The van der Waals surface area contributed by atoms with Crippen LogP contribution in [-0.4, -0.2) is 22.1 Å². The number of hydrogen-bond acceptors (Lipinski definition) is 5. The Labute approximate surface area is 139 Å². The lowest BCUT2D eigenvalue weighted by Crippen LogP contribution is -2.36. The van der Waals surface area contributed by atoms with Crippen LogP contribution in [0.4, 0.5) is 5.82 Å². The van der Waals surface area contributed by atoms with Crippen molar-refractivity contribution in [3.05, 3.63) is 51.9 Å². The summed E-state index contributed by atoms with van der Waals surface area (Å²) in [6.45, 7) is 2.05. The van der Waals surface area contributed by atoms with E-state index in [4.69, 9.17) is 10.00 Å². The van der Waals surface area contributed by atoms with Gasteiger partial charge in [0.15, 0.2) is 0 Å². The van der Waals surface area contributed by atoms with Crippen LogP contribution >= 0.6 is 0 Å². The van der Waals surface area contributed by atoms with Crippen LogP contribution < -0.4 is 15.3 Å². The summed E-state index contributed by atoms with van der Waals surface area (Å²) in [5, 5.41) is 8.82. The van der Waals surface area contributed by atoms with Crippen molar-refractivity contribution in [3.63, 3.8) is 0 Å². The lowest BCUT2D eigenvalue weighted by Gasteiger charge is -2.30. The molecule has 1 aromatic heterocycles. The standard InChI is InChI=1S/C18H18N4O2/c19-10-13-4-6-14(7-5-13)12-24-16-9-17-21-8-2-1-3-15(21)11-22(17)18(23)20-16/h4-7,9,15H,1-3,8,11-12H2. The molecule has 6 heteroatoms. The number of aromatic nitrogens is 2. The van der Waals surface area contributed by atoms with E-state index in [1.807, 2.05) is 18.2 Å². The minimum atomic E-state index is -0.239. The number of benzene rings is 1. The predicted molar refractivity (Wildman–Crippen MR) is 89.0 cm³/mol. The lowest BCUT2D eigenvalue weighted by atomic mass is 10.0. The van der Waals surface area contributed by atoms with Gasteiger partial charge in [-0.2, -0.15) is 10.2 Å². The van der Waals surface area contributed by atoms with Crippen molar-refractivity contribution >= 4 is 5.82 Å². The highest BCUT2D eigenvalue weighted by atomic mass is 16.5. The van der Waals surface area contributed by atoms with Crippen LogP contribution in [0.25, 0.3) is 0 Å². The molecule has 4 rings (SSSR count). The average molecular weight is 322 g/mol. The number of nitrogens with zero attached hydrogens (tertiary/aromatic N) is 4. The Balaban J connectivity index is 1.53. The van der Waals surface area contributed by atoms with Crippen molar-refractivity contribution in [2.45, 2.75) is 38.5 Å². The normalized spacial score (nSPS) is 18.6. The molecule has 0 radical (unpaired) electrons. The molecule has 3 heterocycles. The molecule has 0 amide bonds. The molecule has 2 aliphatic heterocycles. The molecule has 0 bridgehead atoms. The second-order valence-electron chi connectivity index (χ2n) is 6.29. The van der Waals surface area contributed by atoms with E-state index in [1.54, 1.807) is 16.7 Å². The van der Waals surface area contributed by atoms with Crippen molar-refractivity contribution in [1.29, 1.82) is 5.26 Å². The topological polar surface area (TPSA) is 71.1 Å². The second-order valence-corrected chi connectivity index (χ2v) is 6.29. The van der Waals surface area contributed by atoms with Crippen LogP contribution in [0.1, 0.15) is 30.4 Å². The van der Waals surface area contributed by atoms with E-state index < -0.39 is 0 Å². The van der Waals surface area contributed by atoms with Crippen LogP contribution in [0.15, 0.2) is 35.1 Å². The SMILES string of the molecule is N#Cc1ccc(COc2cc3n(c(=O)n2)CC2CCCCN32)cc1. The number of anilines is 1. The Bertz CT molecular complexity index is 851. The predicted octanol–water partition coefficient (Wildman–Crippen LogP) is 2.07. The first-order valence-corrected chi connectivity index (χ1v) is 8.25. The second kappa shape index (κ2) is 6.00. The Hall–Kier alpha value is -2.81. The third-order valence-electron chi connectivity index (χ3n) is 4.75. The summed E-state index contributed by atoms with van der Waals surface area (Å²) in [5.74, 6) is 1.29. The van der Waals surface area contributed by atoms with Crippen LogP contribution in [0.3, 0.4) is 0 Å². The van der Waals surface area contributed by atoms with Crippen molar-refractivity contribution in [1.82, 2.24) is 9.55 Å². The Morgan fingerprint density at radius 3 is 2.92 bits per heavy atom. The van der Waals surface area contributed by atoms with E-state index in [0.717, 1.165) is 37.3 Å². The zero-order valence-corrected chi connectivity index (χ0v) is 13.3. The molecule has 0 N–H and O–H groups in total. The molecule has 122 valence electrons. The Morgan fingerprint density at radius 1 is 1.29 bits per heavy atom. The van der Waals surface area contributed by atoms with Gasteiger partial charge in [-0.3, -0.25) is 4.57 Å². The molecule has 0 spiro atoms. The molecule has 2 aromatic rings. The van der Waals surface area contributed by atoms with Gasteiger partial charge in [-0.25, -0.2) is 4.79 Å². The quantitative estimate of drug-likeness (QED) is 0.865. The van der Waals surface area contributed by atoms with Gasteiger partial charge in [0.05, 0.1) is 11.6 Å². The highest BCUT2D eigenvalue weighted by Gasteiger charge is 2.32. The average Bonchev–Trinajstić information content (AvgIpc) is 3.00. The molecule has 24 heavy (non-hydrogen) atoms. The highest BCUT2D eigenvalue weighted by molar-refractivity contribution is 5.47. The maximum Gasteiger partial charge on any atom is 0.352 e. The maximum absolute atomic E-state index is 12.3. The van der Waals surface area contributed by atoms with Gasteiger partial charge in [0, 0.05) is 25.2 Å². The van der Waals surface area contributed by atoms with E-state index in [2.05, 4.69) is 16.0 Å². The summed E-state index contributed by atoms with van der Waals surface area (Å²) in [6, 6.07) is 11.6. The molecule has 1 aromatic carbocycles.